The number of hydrogen-bond acceptors (Lipinski definition) is 1. The Morgan fingerprint density at radius 2 is 1.95 bits per heavy atom. The van der Waals surface area contributed by atoms with Crippen molar-refractivity contribution in [1.82, 2.24) is 5.32 Å². The van der Waals surface area contributed by atoms with Crippen LogP contribution in [0, 0.1) is 5.82 Å². The molecule has 2 aromatic rings. The SMILES string of the molecule is CC(NCc1ccc(F)c(Cl)c1)c1ccc2c(c1)CCC2. The molecule has 1 aliphatic carbocycles. The predicted molar refractivity (Wildman–Crippen MR) is 85.1 cm³/mol. The highest BCUT2D eigenvalue weighted by atomic mass is 35.5. The standard InChI is InChI=1S/C18H19ClFN/c1-12(15-7-6-14-3-2-4-16(14)10-15)21-11-13-5-8-18(20)17(19)9-13/h5-10,12,21H,2-4,11H2,1H3. The molecule has 3 heteroatoms. The quantitative estimate of drug-likeness (QED) is 0.854. The first-order valence-corrected chi connectivity index (χ1v) is 7.80. The molecule has 0 amide bonds. The van der Waals surface area contributed by atoms with E-state index in [1.54, 1.807) is 12.1 Å². The maximum atomic E-state index is 13.1. The van der Waals surface area contributed by atoms with Crippen LogP contribution in [0.25, 0.3) is 0 Å². The average molecular weight is 304 g/mol. The van der Waals surface area contributed by atoms with E-state index < -0.39 is 0 Å². The molecule has 0 fully saturated rings. The minimum atomic E-state index is -0.368. The molecule has 2 aromatic carbocycles. The predicted octanol–water partition coefficient (Wildman–Crippen LogP) is 4.82. The summed E-state index contributed by atoms with van der Waals surface area (Å²) in [7, 11) is 0. The number of aryl methyl sites for hydroxylation is 2. The second kappa shape index (κ2) is 6.17. The van der Waals surface area contributed by atoms with Crippen molar-refractivity contribution in [1.29, 1.82) is 0 Å². The second-order valence-corrected chi connectivity index (χ2v) is 6.14. The van der Waals surface area contributed by atoms with Crippen molar-refractivity contribution in [3.05, 3.63) is 69.5 Å². The van der Waals surface area contributed by atoms with Gasteiger partial charge in [-0.1, -0.05) is 35.9 Å². The highest BCUT2D eigenvalue weighted by Crippen LogP contribution is 2.25. The maximum absolute atomic E-state index is 13.1. The Bertz CT molecular complexity index is 654. The minimum Gasteiger partial charge on any atom is -0.306 e. The third-order valence-electron chi connectivity index (χ3n) is 4.22. The van der Waals surface area contributed by atoms with Crippen molar-refractivity contribution in [3.8, 4) is 0 Å². The van der Waals surface area contributed by atoms with Crippen molar-refractivity contribution in [2.45, 2.75) is 38.8 Å². The van der Waals surface area contributed by atoms with Crippen LogP contribution in [0.15, 0.2) is 36.4 Å². The molecule has 0 radical (unpaired) electrons. The van der Waals surface area contributed by atoms with Gasteiger partial charge in [0.2, 0.25) is 0 Å². The molecule has 3 rings (SSSR count). The van der Waals surface area contributed by atoms with Crippen LogP contribution >= 0.6 is 11.6 Å². The molecule has 0 saturated heterocycles. The summed E-state index contributed by atoms with van der Waals surface area (Å²) >= 11 is 5.81. The van der Waals surface area contributed by atoms with Gasteiger partial charge in [-0.3, -0.25) is 0 Å². The Hall–Kier alpha value is -1.38. The summed E-state index contributed by atoms with van der Waals surface area (Å²) in [5.41, 5.74) is 5.29. The molecule has 0 bridgehead atoms. The van der Waals surface area contributed by atoms with Gasteiger partial charge in [-0.25, -0.2) is 4.39 Å². The van der Waals surface area contributed by atoms with Crippen LogP contribution in [-0.2, 0) is 19.4 Å². The summed E-state index contributed by atoms with van der Waals surface area (Å²) in [6.45, 7) is 2.83. The highest BCUT2D eigenvalue weighted by Gasteiger charge is 2.13. The molecule has 0 aliphatic heterocycles. The second-order valence-electron chi connectivity index (χ2n) is 5.73. The number of benzene rings is 2. The summed E-state index contributed by atoms with van der Waals surface area (Å²) in [6.07, 6.45) is 3.68. The van der Waals surface area contributed by atoms with Crippen molar-refractivity contribution in [3.63, 3.8) is 0 Å². The van der Waals surface area contributed by atoms with Crippen LogP contribution in [0.5, 0.6) is 0 Å². The summed E-state index contributed by atoms with van der Waals surface area (Å²) in [4.78, 5) is 0. The van der Waals surface area contributed by atoms with Crippen LogP contribution in [0.3, 0.4) is 0 Å². The molecule has 0 spiro atoms. The summed E-state index contributed by atoms with van der Waals surface area (Å²) in [6, 6.07) is 11.9. The topological polar surface area (TPSA) is 12.0 Å². The zero-order valence-corrected chi connectivity index (χ0v) is 12.9. The fourth-order valence-corrected chi connectivity index (χ4v) is 3.10. The molecular formula is C18H19ClFN. The molecule has 21 heavy (non-hydrogen) atoms. The van der Waals surface area contributed by atoms with E-state index in [0.29, 0.717) is 6.54 Å². The van der Waals surface area contributed by atoms with Gasteiger partial charge in [0, 0.05) is 12.6 Å². The van der Waals surface area contributed by atoms with Crippen molar-refractivity contribution >= 4 is 11.6 Å². The lowest BCUT2D eigenvalue weighted by atomic mass is 10.0. The average Bonchev–Trinajstić information content (AvgIpc) is 2.95. The van der Waals surface area contributed by atoms with Crippen molar-refractivity contribution < 1.29 is 4.39 Å². The van der Waals surface area contributed by atoms with Gasteiger partial charge < -0.3 is 5.32 Å². The number of halogens is 2. The van der Waals surface area contributed by atoms with Gasteiger partial charge in [0.1, 0.15) is 5.82 Å². The molecule has 0 saturated carbocycles. The molecule has 110 valence electrons. The first kappa shape index (κ1) is 14.6. The van der Waals surface area contributed by atoms with E-state index in [4.69, 9.17) is 11.6 Å². The Balaban J connectivity index is 1.66. The number of nitrogens with one attached hydrogen (secondary N) is 1. The molecule has 1 unspecified atom stereocenters. The van der Waals surface area contributed by atoms with Gasteiger partial charge in [0.15, 0.2) is 0 Å². The molecule has 1 nitrogen and oxygen atoms in total. The Morgan fingerprint density at radius 3 is 2.76 bits per heavy atom. The lowest BCUT2D eigenvalue weighted by Gasteiger charge is -2.16. The zero-order valence-electron chi connectivity index (χ0n) is 12.1. The fraction of sp³-hybridized carbons (Fsp3) is 0.333. The van der Waals surface area contributed by atoms with E-state index >= 15 is 0 Å². The fourth-order valence-electron chi connectivity index (χ4n) is 2.90. The third kappa shape index (κ3) is 3.28. The van der Waals surface area contributed by atoms with Crippen LogP contribution < -0.4 is 5.32 Å². The number of rotatable bonds is 4. The Kier molecular flexibility index (Phi) is 4.27. The van der Waals surface area contributed by atoms with Gasteiger partial charge in [0.05, 0.1) is 5.02 Å². The lowest BCUT2D eigenvalue weighted by molar-refractivity contribution is 0.572. The first-order valence-electron chi connectivity index (χ1n) is 7.42. The maximum Gasteiger partial charge on any atom is 0.141 e. The van der Waals surface area contributed by atoms with Gasteiger partial charge in [-0.15, -0.1) is 0 Å². The number of hydrogen-bond donors (Lipinski definition) is 1. The Labute approximate surface area is 130 Å². The zero-order chi connectivity index (χ0) is 14.8. The number of fused-ring (bicyclic) bond motifs is 1. The van der Waals surface area contributed by atoms with E-state index in [2.05, 4.69) is 30.4 Å². The Morgan fingerprint density at radius 1 is 1.14 bits per heavy atom. The smallest absolute Gasteiger partial charge is 0.141 e. The van der Waals surface area contributed by atoms with Gasteiger partial charge in [-0.2, -0.15) is 0 Å². The largest absolute Gasteiger partial charge is 0.306 e. The third-order valence-corrected chi connectivity index (χ3v) is 4.51. The highest BCUT2D eigenvalue weighted by molar-refractivity contribution is 6.30. The molecule has 0 aromatic heterocycles. The monoisotopic (exact) mass is 303 g/mol. The molecular weight excluding hydrogens is 285 g/mol. The van der Waals surface area contributed by atoms with E-state index in [1.165, 1.54) is 42.0 Å². The molecule has 1 aliphatic rings. The summed E-state index contributed by atoms with van der Waals surface area (Å²) < 4.78 is 13.1. The van der Waals surface area contributed by atoms with Crippen LogP contribution in [0.2, 0.25) is 5.02 Å². The first-order chi connectivity index (χ1) is 10.1. The van der Waals surface area contributed by atoms with Gasteiger partial charge >= 0.3 is 0 Å². The van der Waals surface area contributed by atoms with Crippen molar-refractivity contribution in [2.75, 3.05) is 0 Å². The van der Waals surface area contributed by atoms with E-state index in [9.17, 15) is 4.39 Å². The minimum absolute atomic E-state index is 0.180. The normalized spacial score (nSPS) is 15.0. The van der Waals surface area contributed by atoms with Crippen LogP contribution in [-0.4, -0.2) is 0 Å². The van der Waals surface area contributed by atoms with E-state index in [0.717, 1.165) is 5.56 Å². The molecule has 1 N–H and O–H groups in total. The summed E-state index contributed by atoms with van der Waals surface area (Å²) in [5.74, 6) is -0.368. The van der Waals surface area contributed by atoms with Gasteiger partial charge in [-0.05, 0) is 60.6 Å². The molecule has 1 atom stereocenters. The lowest BCUT2D eigenvalue weighted by Crippen LogP contribution is -2.18. The molecule has 0 heterocycles. The van der Waals surface area contributed by atoms with Crippen LogP contribution in [0.4, 0.5) is 4.39 Å². The van der Waals surface area contributed by atoms with Crippen LogP contribution in [0.1, 0.15) is 41.6 Å². The van der Waals surface area contributed by atoms with E-state index in [1.807, 2.05) is 0 Å². The summed E-state index contributed by atoms with van der Waals surface area (Å²) in [5, 5.41) is 3.65. The van der Waals surface area contributed by atoms with E-state index in [-0.39, 0.29) is 16.9 Å². The van der Waals surface area contributed by atoms with Crippen molar-refractivity contribution in [2.24, 2.45) is 0 Å². The van der Waals surface area contributed by atoms with Gasteiger partial charge in [0.25, 0.3) is 0 Å².